The summed E-state index contributed by atoms with van der Waals surface area (Å²) in [5, 5.41) is 5.23. The minimum atomic E-state index is -0.594. The predicted molar refractivity (Wildman–Crippen MR) is 67.3 cm³/mol. The number of amides is 3. The van der Waals surface area contributed by atoms with Crippen LogP contribution >= 0.6 is 23.2 Å². The van der Waals surface area contributed by atoms with Crippen LogP contribution in [0, 0.1) is 0 Å². The quantitative estimate of drug-likeness (QED) is 0.832. The fourth-order valence-corrected chi connectivity index (χ4v) is 1.66. The molecule has 0 aliphatic rings. The van der Waals surface area contributed by atoms with Crippen LogP contribution in [0.5, 0.6) is 0 Å². The van der Waals surface area contributed by atoms with Gasteiger partial charge in [0, 0.05) is 5.02 Å². The largest absolute Gasteiger partial charge is 0.331 e. The third-order valence-electron chi connectivity index (χ3n) is 2.09. The van der Waals surface area contributed by atoms with Crippen molar-refractivity contribution >= 4 is 35.1 Å². The Labute approximate surface area is 109 Å². The second-order valence-electron chi connectivity index (χ2n) is 3.40. The molecular formula is C11H12Cl2N2O2. The Kier molecular flexibility index (Phi) is 5.25. The van der Waals surface area contributed by atoms with Crippen molar-refractivity contribution < 1.29 is 9.59 Å². The molecule has 0 saturated carbocycles. The molecule has 0 aliphatic carbocycles. The van der Waals surface area contributed by atoms with Crippen LogP contribution in [0.3, 0.4) is 0 Å². The number of rotatable bonds is 3. The second-order valence-corrected chi connectivity index (χ2v) is 4.07. The Morgan fingerprint density at radius 2 is 2.00 bits per heavy atom. The maximum absolute atomic E-state index is 11.4. The fraction of sp³-hybridized carbons (Fsp3) is 0.273. The lowest BCUT2D eigenvalue weighted by molar-refractivity contribution is -0.117. The van der Waals surface area contributed by atoms with Crippen molar-refractivity contribution in [2.45, 2.75) is 13.0 Å². The van der Waals surface area contributed by atoms with E-state index in [1.165, 1.54) is 0 Å². The number of hydrogen-bond acceptors (Lipinski definition) is 2. The van der Waals surface area contributed by atoms with Gasteiger partial charge in [-0.2, -0.15) is 0 Å². The number of alkyl halides is 1. The smallest absolute Gasteiger partial charge is 0.321 e. The Bertz CT molecular complexity index is 424. The van der Waals surface area contributed by atoms with E-state index in [9.17, 15) is 9.59 Å². The summed E-state index contributed by atoms with van der Waals surface area (Å²) >= 11 is 11.2. The molecule has 3 amide bonds. The molecule has 0 bridgehead atoms. The van der Waals surface area contributed by atoms with Crippen LogP contribution in [-0.2, 0) is 4.79 Å². The molecule has 17 heavy (non-hydrogen) atoms. The van der Waals surface area contributed by atoms with Gasteiger partial charge in [0.2, 0.25) is 5.91 Å². The Balaban J connectivity index is 2.61. The fourth-order valence-electron chi connectivity index (χ4n) is 1.30. The molecule has 1 aromatic carbocycles. The average Bonchev–Trinajstić information content (AvgIpc) is 2.29. The van der Waals surface area contributed by atoms with Gasteiger partial charge in [0.25, 0.3) is 0 Å². The third kappa shape index (κ3) is 4.24. The monoisotopic (exact) mass is 274 g/mol. The summed E-state index contributed by atoms with van der Waals surface area (Å²) in [7, 11) is 0. The van der Waals surface area contributed by atoms with E-state index < -0.39 is 11.9 Å². The van der Waals surface area contributed by atoms with E-state index in [1.54, 1.807) is 25.1 Å². The van der Waals surface area contributed by atoms with Crippen LogP contribution in [0.1, 0.15) is 18.5 Å². The molecule has 1 atom stereocenters. The minimum absolute atomic E-state index is 0.256. The van der Waals surface area contributed by atoms with Crippen molar-refractivity contribution in [1.82, 2.24) is 10.6 Å². The van der Waals surface area contributed by atoms with Crippen molar-refractivity contribution in [2.24, 2.45) is 0 Å². The number of hydrogen-bond donors (Lipinski definition) is 2. The van der Waals surface area contributed by atoms with Crippen LogP contribution in [0.25, 0.3) is 0 Å². The molecule has 0 heterocycles. The van der Waals surface area contributed by atoms with Crippen LogP contribution in [0.2, 0.25) is 5.02 Å². The maximum atomic E-state index is 11.4. The minimum Gasteiger partial charge on any atom is -0.331 e. The molecule has 1 aromatic rings. The molecule has 0 aliphatic heterocycles. The number of nitrogens with one attached hydrogen (secondary N) is 2. The number of halogens is 2. The predicted octanol–water partition coefficient (Wildman–Crippen LogP) is 2.47. The van der Waals surface area contributed by atoms with Gasteiger partial charge in [-0.1, -0.05) is 29.8 Å². The van der Waals surface area contributed by atoms with Gasteiger partial charge in [-0.25, -0.2) is 4.79 Å². The molecule has 0 saturated heterocycles. The van der Waals surface area contributed by atoms with E-state index in [0.29, 0.717) is 5.02 Å². The first-order valence-corrected chi connectivity index (χ1v) is 5.86. The number of benzene rings is 1. The summed E-state index contributed by atoms with van der Waals surface area (Å²) in [6, 6.07) is 6.26. The number of imide groups is 1. The first kappa shape index (κ1) is 13.8. The molecule has 0 spiro atoms. The van der Waals surface area contributed by atoms with E-state index in [1.807, 2.05) is 6.07 Å². The van der Waals surface area contributed by atoms with E-state index in [4.69, 9.17) is 23.2 Å². The highest BCUT2D eigenvalue weighted by molar-refractivity contribution is 6.31. The average molecular weight is 275 g/mol. The zero-order valence-corrected chi connectivity index (χ0v) is 10.7. The van der Waals surface area contributed by atoms with Gasteiger partial charge in [-0.05, 0) is 18.6 Å². The van der Waals surface area contributed by atoms with Crippen LogP contribution in [0.15, 0.2) is 24.3 Å². The highest BCUT2D eigenvalue weighted by Gasteiger charge is 2.13. The number of carbonyl (C=O) groups is 2. The summed E-state index contributed by atoms with van der Waals surface area (Å²) in [6.07, 6.45) is 0. The molecule has 0 fully saturated rings. The van der Waals surface area contributed by atoms with Gasteiger partial charge in [-0.15, -0.1) is 11.6 Å². The van der Waals surface area contributed by atoms with Gasteiger partial charge in [-0.3, -0.25) is 10.1 Å². The summed E-state index contributed by atoms with van der Waals surface area (Å²) < 4.78 is 0. The highest BCUT2D eigenvalue weighted by atomic mass is 35.5. The molecule has 6 heteroatoms. The number of carbonyl (C=O) groups excluding carboxylic acids is 2. The maximum Gasteiger partial charge on any atom is 0.321 e. The first-order chi connectivity index (χ1) is 8.04. The van der Waals surface area contributed by atoms with Crippen molar-refractivity contribution in [1.29, 1.82) is 0 Å². The van der Waals surface area contributed by atoms with E-state index in [-0.39, 0.29) is 11.9 Å². The van der Waals surface area contributed by atoms with Crippen LogP contribution < -0.4 is 10.6 Å². The summed E-state index contributed by atoms with van der Waals surface area (Å²) in [5.74, 6) is -0.802. The van der Waals surface area contributed by atoms with Crippen molar-refractivity contribution in [3.63, 3.8) is 0 Å². The molecule has 0 radical (unpaired) electrons. The van der Waals surface area contributed by atoms with Gasteiger partial charge >= 0.3 is 6.03 Å². The van der Waals surface area contributed by atoms with Crippen LogP contribution in [0.4, 0.5) is 4.79 Å². The lowest BCUT2D eigenvalue weighted by atomic mass is 10.1. The lowest BCUT2D eigenvalue weighted by Gasteiger charge is -2.15. The van der Waals surface area contributed by atoms with E-state index in [0.717, 1.165) is 5.56 Å². The lowest BCUT2D eigenvalue weighted by Crippen LogP contribution is -2.41. The van der Waals surface area contributed by atoms with E-state index >= 15 is 0 Å². The molecule has 92 valence electrons. The SMILES string of the molecule is CC(NC(=O)NC(=O)CCl)c1ccccc1Cl. The molecule has 1 unspecified atom stereocenters. The molecular weight excluding hydrogens is 263 g/mol. The van der Waals surface area contributed by atoms with Gasteiger partial charge in [0.15, 0.2) is 0 Å². The normalized spacial score (nSPS) is 11.7. The topological polar surface area (TPSA) is 58.2 Å². The van der Waals surface area contributed by atoms with E-state index in [2.05, 4.69) is 10.6 Å². The van der Waals surface area contributed by atoms with Crippen LogP contribution in [-0.4, -0.2) is 17.8 Å². The molecule has 0 aromatic heterocycles. The van der Waals surface area contributed by atoms with Crippen molar-refractivity contribution in [2.75, 3.05) is 5.88 Å². The third-order valence-corrected chi connectivity index (χ3v) is 2.68. The van der Waals surface area contributed by atoms with Gasteiger partial charge < -0.3 is 5.32 Å². The zero-order valence-electron chi connectivity index (χ0n) is 9.17. The Morgan fingerprint density at radius 3 is 2.59 bits per heavy atom. The Hall–Kier alpha value is -1.26. The number of urea groups is 1. The van der Waals surface area contributed by atoms with Gasteiger partial charge in [0.05, 0.1) is 6.04 Å². The molecule has 2 N–H and O–H groups in total. The summed E-state index contributed by atoms with van der Waals surface area (Å²) in [5.41, 5.74) is 0.780. The molecule has 4 nitrogen and oxygen atoms in total. The molecule has 1 rings (SSSR count). The summed E-state index contributed by atoms with van der Waals surface area (Å²) in [6.45, 7) is 1.77. The van der Waals surface area contributed by atoms with Crippen molar-refractivity contribution in [3.05, 3.63) is 34.9 Å². The zero-order chi connectivity index (χ0) is 12.8. The Morgan fingerprint density at radius 1 is 1.35 bits per heavy atom. The standard InChI is InChI=1S/C11H12Cl2N2O2/c1-7(8-4-2-3-5-9(8)13)14-11(17)15-10(16)6-12/h2-5,7H,6H2,1H3,(H2,14,15,16,17). The second kappa shape index (κ2) is 6.47. The summed E-state index contributed by atoms with van der Waals surface area (Å²) in [4.78, 5) is 22.2. The van der Waals surface area contributed by atoms with Gasteiger partial charge in [0.1, 0.15) is 5.88 Å². The van der Waals surface area contributed by atoms with Crippen molar-refractivity contribution in [3.8, 4) is 0 Å². The highest BCUT2D eigenvalue weighted by Crippen LogP contribution is 2.21. The first-order valence-electron chi connectivity index (χ1n) is 4.95.